The van der Waals surface area contributed by atoms with Gasteiger partial charge in [0.15, 0.2) is 0 Å². The van der Waals surface area contributed by atoms with E-state index in [1.165, 1.54) is 11.3 Å². The van der Waals surface area contributed by atoms with Gasteiger partial charge in [0.05, 0.1) is 5.02 Å². The van der Waals surface area contributed by atoms with Crippen molar-refractivity contribution in [2.24, 2.45) is 0 Å². The van der Waals surface area contributed by atoms with Crippen molar-refractivity contribution in [3.8, 4) is 0 Å². The number of aryl methyl sites for hydroxylation is 1. The number of halogens is 1. The fourth-order valence-electron chi connectivity index (χ4n) is 1.55. The van der Waals surface area contributed by atoms with Crippen LogP contribution in [0, 0.1) is 13.8 Å². The third kappa shape index (κ3) is 2.35. The highest BCUT2D eigenvalue weighted by atomic mass is 35.5. The van der Waals surface area contributed by atoms with Gasteiger partial charge in [0.1, 0.15) is 4.88 Å². The number of nitrogens with one attached hydrogen (secondary N) is 1. The van der Waals surface area contributed by atoms with Crippen LogP contribution in [0.15, 0.2) is 23.6 Å². The van der Waals surface area contributed by atoms with E-state index in [4.69, 9.17) is 17.3 Å². The number of benzene rings is 1. The number of hydrogen-bond donors (Lipinski definition) is 2. The Bertz CT molecular complexity index is 607. The highest BCUT2D eigenvalue weighted by Gasteiger charge is 2.15. The SMILES string of the molecule is Cc1csc(C(=O)Nc2cccc(N)c2C)c1Cl. The lowest BCUT2D eigenvalue weighted by molar-refractivity contribution is 0.103. The van der Waals surface area contributed by atoms with Gasteiger partial charge in [-0.1, -0.05) is 17.7 Å². The normalized spacial score (nSPS) is 10.4. The number of hydrogen-bond acceptors (Lipinski definition) is 3. The van der Waals surface area contributed by atoms with Gasteiger partial charge in [-0.15, -0.1) is 11.3 Å². The average molecular weight is 281 g/mol. The molecule has 2 aromatic rings. The van der Waals surface area contributed by atoms with Crippen LogP contribution in [0.4, 0.5) is 11.4 Å². The molecule has 1 aromatic heterocycles. The Labute approximate surface area is 115 Å². The van der Waals surface area contributed by atoms with Gasteiger partial charge in [-0.05, 0) is 42.5 Å². The summed E-state index contributed by atoms with van der Waals surface area (Å²) in [5.74, 6) is -0.202. The van der Waals surface area contributed by atoms with Gasteiger partial charge in [0.25, 0.3) is 5.91 Å². The van der Waals surface area contributed by atoms with Gasteiger partial charge < -0.3 is 11.1 Å². The van der Waals surface area contributed by atoms with E-state index in [9.17, 15) is 4.79 Å². The predicted molar refractivity (Wildman–Crippen MR) is 77.6 cm³/mol. The van der Waals surface area contributed by atoms with Crippen LogP contribution in [-0.2, 0) is 0 Å². The molecule has 0 fully saturated rings. The first kappa shape index (κ1) is 12.9. The molecule has 18 heavy (non-hydrogen) atoms. The van der Waals surface area contributed by atoms with Crippen LogP contribution in [0.25, 0.3) is 0 Å². The van der Waals surface area contributed by atoms with Crippen LogP contribution >= 0.6 is 22.9 Å². The molecule has 0 aliphatic heterocycles. The second-order valence-electron chi connectivity index (χ2n) is 4.04. The van der Waals surface area contributed by atoms with E-state index in [0.29, 0.717) is 21.3 Å². The maximum Gasteiger partial charge on any atom is 0.267 e. The zero-order valence-electron chi connectivity index (χ0n) is 10.1. The maximum absolute atomic E-state index is 12.1. The van der Waals surface area contributed by atoms with Crippen molar-refractivity contribution in [1.82, 2.24) is 0 Å². The first-order chi connectivity index (χ1) is 8.50. The molecule has 0 atom stereocenters. The van der Waals surface area contributed by atoms with Gasteiger partial charge in [-0.25, -0.2) is 0 Å². The molecular weight excluding hydrogens is 268 g/mol. The number of nitrogen functional groups attached to an aromatic ring is 1. The van der Waals surface area contributed by atoms with Crippen LogP contribution in [0.5, 0.6) is 0 Å². The van der Waals surface area contributed by atoms with Crippen molar-refractivity contribution in [2.75, 3.05) is 11.1 Å². The molecule has 0 saturated heterocycles. The summed E-state index contributed by atoms with van der Waals surface area (Å²) in [5.41, 5.74) is 8.93. The minimum atomic E-state index is -0.202. The second kappa shape index (κ2) is 5.00. The molecule has 0 aliphatic carbocycles. The molecule has 0 spiro atoms. The average Bonchev–Trinajstić information content (AvgIpc) is 2.66. The Hall–Kier alpha value is -1.52. The van der Waals surface area contributed by atoms with E-state index in [1.807, 2.05) is 25.3 Å². The Morgan fingerprint density at radius 3 is 2.72 bits per heavy atom. The monoisotopic (exact) mass is 280 g/mol. The van der Waals surface area contributed by atoms with E-state index in [-0.39, 0.29) is 5.91 Å². The van der Waals surface area contributed by atoms with Gasteiger partial charge in [0, 0.05) is 11.4 Å². The minimum Gasteiger partial charge on any atom is -0.398 e. The van der Waals surface area contributed by atoms with E-state index in [1.54, 1.807) is 12.1 Å². The summed E-state index contributed by atoms with van der Waals surface area (Å²) in [6, 6.07) is 5.42. The predicted octanol–water partition coefficient (Wildman–Crippen LogP) is 3.85. The lowest BCUT2D eigenvalue weighted by atomic mass is 10.1. The second-order valence-corrected chi connectivity index (χ2v) is 5.29. The number of nitrogens with two attached hydrogens (primary N) is 1. The summed E-state index contributed by atoms with van der Waals surface area (Å²) in [7, 11) is 0. The third-order valence-electron chi connectivity index (χ3n) is 2.73. The van der Waals surface area contributed by atoms with Crippen molar-refractivity contribution in [2.45, 2.75) is 13.8 Å². The van der Waals surface area contributed by atoms with Crippen molar-refractivity contribution >= 4 is 40.2 Å². The molecule has 3 N–H and O–H groups in total. The van der Waals surface area contributed by atoms with E-state index < -0.39 is 0 Å². The fraction of sp³-hybridized carbons (Fsp3) is 0.154. The number of carbonyl (C=O) groups excluding carboxylic acids is 1. The molecule has 1 heterocycles. The van der Waals surface area contributed by atoms with Crippen LogP contribution in [-0.4, -0.2) is 5.91 Å². The molecule has 1 amide bonds. The minimum absolute atomic E-state index is 0.202. The van der Waals surface area contributed by atoms with E-state index >= 15 is 0 Å². The molecular formula is C13H13ClN2OS. The van der Waals surface area contributed by atoms with Crippen LogP contribution in [0.1, 0.15) is 20.8 Å². The van der Waals surface area contributed by atoms with Gasteiger partial charge in [-0.2, -0.15) is 0 Å². The molecule has 2 rings (SSSR count). The first-order valence-corrected chi connectivity index (χ1v) is 6.66. The van der Waals surface area contributed by atoms with Gasteiger partial charge in [0.2, 0.25) is 0 Å². The standard InChI is InChI=1S/C13H13ClN2OS/c1-7-6-18-12(11(7)14)13(17)16-10-5-3-4-9(15)8(10)2/h3-6H,15H2,1-2H3,(H,16,17). The van der Waals surface area contributed by atoms with Crippen LogP contribution < -0.4 is 11.1 Å². The Balaban J connectivity index is 2.27. The Kier molecular flexibility index (Phi) is 3.59. The molecule has 5 heteroatoms. The summed E-state index contributed by atoms with van der Waals surface area (Å²) in [6.07, 6.45) is 0. The first-order valence-electron chi connectivity index (χ1n) is 5.40. The summed E-state index contributed by atoms with van der Waals surface area (Å²) in [4.78, 5) is 12.6. The van der Waals surface area contributed by atoms with Crippen LogP contribution in [0.3, 0.4) is 0 Å². The van der Waals surface area contributed by atoms with Gasteiger partial charge >= 0.3 is 0 Å². The lowest BCUT2D eigenvalue weighted by Gasteiger charge is -2.09. The number of rotatable bonds is 2. The van der Waals surface area contributed by atoms with E-state index in [0.717, 1.165) is 11.1 Å². The van der Waals surface area contributed by atoms with Crippen molar-refractivity contribution in [1.29, 1.82) is 0 Å². The number of anilines is 2. The van der Waals surface area contributed by atoms with Crippen molar-refractivity contribution in [3.63, 3.8) is 0 Å². The number of thiophene rings is 1. The highest BCUT2D eigenvalue weighted by molar-refractivity contribution is 7.13. The molecule has 0 aliphatic rings. The Morgan fingerprint density at radius 1 is 1.39 bits per heavy atom. The Morgan fingerprint density at radius 2 is 2.11 bits per heavy atom. The molecule has 0 radical (unpaired) electrons. The highest BCUT2D eigenvalue weighted by Crippen LogP contribution is 2.29. The molecule has 0 saturated carbocycles. The largest absolute Gasteiger partial charge is 0.398 e. The number of carbonyl (C=O) groups is 1. The molecule has 0 bridgehead atoms. The quantitative estimate of drug-likeness (QED) is 0.821. The number of amides is 1. The molecule has 94 valence electrons. The summed E-state index contributed by atoms with van der Waals surface area (Å²) in [6.45, 7) is 3.74. The van der Waals surface area contributed by atoms with Crippen molar-refractivity contribution in [3.05, 3.63) is 44.6 Å². The summed E-state index contributed by atoms with van der Waals surface area (Å²) in [5, 5.41) is 5.21. The fourth-order valence-corrected chi connectivity index (χ4v) is 2.72. The maximum atomic E-state index is 12.1. The topological polar surface area (TPSA) is 55.1 Å². The van der Waals surface area contributed by atoms with Crippen molar-refractivity contribution < 1.29 is 4.79 Å². The summed E-state index contributed by atoms with van der Waals surface area (Å²) >= 11 is 7.40. The smallest absolute Gasteiger partial charge is 0.267 e. The van der Waals surface area contributed by atoms with Gasteiger partial charge in [-0.3, -0.25) is 4.79 Å². The van der Waals surface area contributed by atoms with Crippen LogP contribution in [0.2, 0.25) is 5.02 Å². The zero-order chi connectivity index (χ0) is 13.3. The lowest BCUT2D eigenvalue weighted by Crippen LogP contribution is -2.12. The molecule has 0 unspecified atom stereocenters. The molecule has 3 nitrogen and oxygen atoms in total. The summed E-state index contributed by atoms with van der Waals surface area (Å²) < 4.78 is 0. The van der Waals surface area contributed by atoms with E-state index in [2.05, 4.69) is 5.32 Å². The third-order valence-corrected chi connectivity index (χ3v) is 4.42. The molecule has 1 aromatic carbocycles. The zero-order valence-corrected chi connectivity index (χ0v) is 11.7.